The van der Waals surface area contributed by atoms with Crippen molar-refractivity contribution in [3.05, 3.63) is 70.2 Å². The first-order valence-corrected chi connectivity index (χ1v) is 9.48. The normalized spacial score (nSPS) is 10.7. The summed E-state index contributed by atoms with van der Waals surface area (Å²) in [6.07, 6.45) is 1.66. The molecular weight excluding hydrogens is 399 g/mol. The molecule has 0 saturated carbocycles. The smallest absolute Gasteiger partial charge is 0.355 e. The van der Waals surface area contributed by atoms with Crippen LogP contribution in [0.5, 0.6) is 5.75 Å². The second kappa shape index (κ2) is 9.68. The van der Waals surface area contributed by atoms with Gasteiger partial charge in [-0.3, -0.25) is 5.32 Å². The second-order valence-electron chi connectivity index (χ2n) is 6.02. The van der Waals surface area contributed by atoms with Crippen LogP contribution in [-0.4, -0.2) is 30.3 Å². The highest BCUT2D eigenvalue weighted by molar-refractivity contribution is 6.43. The van der Waals surface area contributed by atoms with Gasteiger partial charge in [-0.15, -0.1) is 4.98 Å². The summed E-state index contributed by atoms with van der Waals surface area (Å²) in [6.45, 7) is 3.31. The van der Waals surface area contributed by atoms with Gasteiger partial charge in [-0.05, 0) is 5.56 Å². The second-order valence-corrected chi connectivity index (χ2v) is 6.80. The SMILES string of the molecule is COCCOc1cc(Cl)c(Cl)c(-[n+]2cnc(C)nc2NCc2ccccc2)c1. The maximum absolute atomic E-state index is 6.47. The number of rotatable bonds is 8. The summed E-state index contributed by atoms with van der Waals surface area (Å²) < 4.78 is 12.5. The molecule has 0 aliphatic heterocycles. The fourth-order valence-electron chi connectivity index (χ4n) is 2.56. The minimum atomic E-state index is 0.383. The van der Waals surface area contributed by atoms with E-state index in [-0.39, 0.29) is 0 Å². The summed E-state index contributed by atoms with van der Waals surface area (Å²) in [7, 11) is 1.62. The topological polar surface area (TPSA) is 60.2 Å². The van der Waals surface area contributed by atoms with Crippen LogP contribution in [0.3, 0.4) is 0 Å². The Labute approximate surface area is 174 Å². The molecule has 0 aliphatic carbocycles. The number of nitrogens with zero attached hydrogens (tertiary/aromatic N) is 3. The largest absolute Gasteiger partial charge is 0.491 e. The van der Waals surface area contributed by atoms with Gasteiger partial charge >= 0.3 is 5.95 Å². The average Bonchev–Trinajstić information content (AvgIpc) is 2.70. The maximum Gasteiger partial charge on any atom is 0.355 e. The summed E-state index contributed by atoms with van der Waals surface area (Å²) >= 11 is 12.8. The Morgan fingerprint density at radius 3 is 2.64 bits per heavy atom. The predicted octanol–water partition coefficient (Wildman–Crippen LogP) is 4.01. The van der Waals surface area contributed by atoms with Crippen LogP contribution in [0.4, 0.5) is 5.95 Å². The van der Waals surface area contributed by atoms with Gasteiger partial charge in [0, 0.05) is 26.2 Å². The zero-order chi connectivity index (χ0) is 19.9. The Morgan fingerprint density at radius 1 is 1.11 bits per heavy atom. The van der Waals surface area contributed by atoms with Crippen LogP contribution in [0, 0.1) is 6.92 Å². The molecule has 6 nitrogen and oxygen atoms in total. The number of aromatic nitrogens is 3. The van der Waals surface area contributed by atoms with Gasteiger partial charge in [-0.1, -0.05) is 58.5 Å². The lowest BCUT2D eigenvalue weighted by Gasteiger charge is -2.12. The van der Waals surface area contributed by atoms with E-state index in [9.17, 15) is 0 Å². The zero-order valence-corrected chi connectivity index (χ0v) is 17.2. The van der Waals surface area contributed by atoms with Crippen molar-refractivity contribution in [3.8, 4) is 11.4 Å². The first-order chi connectivity index (χ1) is 13.6. The lowest BCUT2D eigenvalue weighted by atomic mass is 10.2. The number of anilines is 1. The number of aryl methyl sites for hydroxylation is 1. The number of benzene rings is 2. The molecular formula is C20H21Cl2N4O2+. The van der Waals surface area contributed by atoms with Crippen molar-refractivity contribution < 1.29 is 14.0 Å². The van der Waals surface area contributed by atoms with Gasteiger partial charge in [0.05, 0.1) is 23.2 Å². The van der Waals surface area contributed by atoms with Crippen molar-refractivity contribution in [3.63, 3.8) is 0 Å². The highest BCUT2D eigenvalue weighted by Gasteiger charge is 2.19. The van der Waals surface area contributed by atoms with E-state index in [1.54, 1.807) is 30.1 Å². The van der Waals surface area contributed by atoms with E-state index in [0.717, 1.165) is 5.56 Å². The highest BCUT2D eigenvalue weighted by atomic mass is 35.5. The molecule has 0 unspecified atom stereocenters. The van der Waals surface area contributed by atoms with Crippen LogP contribution in [-0.2, 0) is 11.3 Å². The molecule has 0 bridgehead atoms. The Balaban J connectivity index is 1.94. The van der Waals surface area contributed by atoms with Gasteiger partial charge in [0.15, 0.2) is 0 Å². The van der Waals surface area contributed by atoms with Crippen molar-refractivity contribution in [2.75, 3.05) is 25.6 Å². The Hall–Kier alpha value is -2.41. The molecule has 0 spiro atoms. The Morgan fingerprint density at radius 2 is 1.89 bits per heavy atom. The van der Waals surface area contributed by atoms with E-state index in [1.165, 1.54) is 0 Å². The number of halogens is 2. The number of hydrogen-bond acceptors (Lipinski definition) is 5. The summed E-state index contributed by atoms with van der Waals surface area (Å²) in [5, 5.41) is 4.11. The van der Waals surface area contributed by atoms with Crippen molar-refractivity contribution in [1.82, 2.24) is 9.97 Å². The lowest BCUT2D eigenvalue weighted by molar-refractivity contribution is -0.587. The van der Waals surface area contributed by atoms with Gasteiger partial charge < -0.3 is 9.47 Å². The average molecular weight is 420 g/mol. The molecule has 1 aromatic heterocycles. The van der Waals surface area contributed by atoms with Gasteiger partial charge in [-0.2, -0.15) is 4.57 Å². The number of nitrogens with one attached hydrogen (secondary N) is 1. The van der Waals surface area contributed by atoms with E-state index in [0.29, 0.717) is 53.0 Å². The predicted molar refractivity (Wildman–Crippen MR) is 109 cm³/mol. The third kappa shape index (κ3) is 5.10. The lowest BCUT2D eigenvalue weighted by Crippen LogP contribution is -2.37. The molecule has 0 saturated heterocycles. The van der Waals surface area contributed by atoms with Gasteiger partial charge in [0.1, 0.15) is 18.0 Å². The zero-order valence-electron chi connectivity index (χ0n) is 15.7. The third-order valence-electron chi connectivity index (χ3n) is 3.95. The molecule has 8 heteroatoms. The summed E-state index contributed by atoms with van der Waals surface area (Å²) in [5.74, 6) is 1.83. The molecule has 3 aromatic rings. The minimum Gasteiger partial charge on any atom is -0.491 e. The molecule has 0 amide bonds. The van der Waals surface area contributed by atoms with E-state index >= 15 is 0 Å². The van der Waals surface area contributed by atoms with Crippen LogP contribution in [0.2, 0.25) is 10.0 Å². The van der Waals surface area contributed by atoms with Crippen molar-refractivity contribution in [2.45, 2.75) is 13.5 Å². The Kier molecular flexibility index (Phi) is 7.03. The molecule has 0 radical (unpaired) electrons. The molecule has 146 valence electrons. The van der Waals surface area contributed by atoms with E-state index < -0.39 is 0 Å². The fourth-order valence-corrected chi connectivity index (χ4v) is 2.97. The molecule has 1 N–H and O–H groups in total. The first-order valence-electron chi connectivity index (χ1n) is 8.72. The van der Waals surface area contributed by atoms with Crippen LogP contribution >= 0.6 is 23.2 Å². The number of ether oxygens (including phenoxy) is 2. The Bertz CT molecular complexity index is 939. The molecule has 1 heterocycles. The fraction of sp³-hybridized carbons (Fsp3) is 0.250. The summed E-state index contributed by atoms with van der Waals surface area (Å²) in [4.78, 5) is 8.81. The van der Waals surface area contributed by atoms with Crippen molar-refractivity contribution in [2.24, 2.45) is 0 Å². The minimum absolute atomic E-state index is 0.383. The molecule has 3 rings (SSSR count). The molecule has 0 atom stereocenters. The van der Waals surface area contributed by atoms with Crippen LogP contribution in [0.1, 0.15) is 11.4 Å². The number of methoxy groups -OCH3 is 1. The van der Waals surface area contributed by atoms with Gasteiger partial charge in [0.2, 0.25) is 12.2 Å². The quantitative estimate of drug-likeness (QED) is 0.441. The molecule has 28 heavy (non-hydrogen) atoms. The van der Waals surface area contributed by atoms with Crippen LogP contribution in [0.15, 0.2) is 48.8 Å². The van der Waals surface area contributed by atoms with Crippen molar-refractivity contribution in [1.29, 1.82) is 0 Å². The molecule has 0 aliphatic rings. The third-order valence-corrected chi connectivity index (χ3v) is 4.74. The van der Waals surface area contributed by atoms with E-state index in [4.69, 9.17) is 32.7 Å². The summed E-state index contributed by atoms with van der Waals surface area (Å²) in [6, 6.07) is 13.5. The standard InChI is InChI=1S/C20H20Cl2N4O2/c1-14-24-13-26(20(25-14)23-12-15-6-4-3-5-7-15)18-11-16(28-9-8-27-2)10-17(21)19(18)22/h3-7,10-11,13H,8-9,12H2,1-2H3/p+1. The van der Waals surface area contributed by atoms with Crippen molar-refractivity contribution >= 4 is 29.2 Å². The van der Waals surface area contributed by atoms with Gasteiger partial charge in [-0.25, -0.2) is 0 Å². The highest BCUT2D eigenvalue weighted by Crippen LogP contribution is 2.31. The molecule has 0 fully saturated rings. The number of hydrogen-bond donors (Lipinski definition) is 1. The van der Waals surface area contributed by atoms with Gasteiger partial charge in [0.25, 0.3) is 0 Å². The first kappa shape index (κ1) is 20.3. The van der Waals surface area contributed by atoms with Crippen LogP contribution < -0.4 is 14.6 Å². The summed E-state index contributed by atoms with van der Waals surface area (Å²) in [5.41, 5.74) is 1.75. The monoisotopic (exact) mass is 419 g/mol. The van der Waals surface area contributed by atoms with E-state index in [1.807, 2.05) is 37.3 Å². The maximum atomic E-state index is 6.47. The van der Waals surface area contributed by atoms with Crippen LogP contribution in [0.25, 0.3) is 5.69 Å². The molecule has 2 aromatic carbocycles. The van der Waals surface area contributed by atoms with E-state index in [2.05, 4.69) is 15.3 Å².